The summed E-state index contributed by atoms with van der Waals surface area (Å²) in [5.74, 6) is 0. The SMILES string of the molecule is CC(C)(CCO)CNCc1nc2c(s1)CCC2. The third-order valence-electron chi connectivity index (χ3n) is 3.31. The fourth-order valence-corrected chi connectivity index (χ4v) is 3.34. The van der Waals surface area contributed by atoms with Crippen LogP contribution in [0, 0.1) is 5.41 Å². The number of thiazole rings is 1. The lowest BCUT2D eigenvalue weighted by Crippen LogP contribution is -2.29. The van der Waals surface area contributed by atoms with E-state index in [9.17, 15) is 0 Å². The average Bonchev–Trinajstić information content (AvgIpc) is 2.76. The molecule has 0 spiro atoms. The molecule has 1 heterocycles. The molecule has 1 aliphatic rings. The zero-order valence-electron chi connectivity index (χ0n) is 10.8. The molecule has 17 heavy (non-hydrogen) atoms. The van der Waals surface area contributed by atoms with Crippen molar-refractivity contribution in [1.82, 2.24) is 10.3 Å². The molecule has 0 radical (unpaired) electrons. The van der Waals surface area contributed by atoms with Crippen molar-refractivity contribution in [3.05, 3.63) is 15.6 Å². The van der Waals surface area contributed by atoms with Crippen LogP contribution in [0.15, 0.2) is 0 Å². The fourth-order valence-electron chi connectivity index (χ4n) is 2.22. The zero-order valence-corrected chi connectivity index (χ0v) is 11.6. The van der Waals surface area contributed by atoms with Crippen molar-refractivity contribution in [3.8, 4) is 0 Å². The Balaban J connectivity index is 1.78. The predicted molar refractivity (Wildman–Crippen MR) is 71.3 cm³/mol. The Morgan fingerprint density at radius 2 is 2.24 bits per heavy atom. The number of hydrogen-bond acceptors (Lipinski definition) is 4. The number of rotatable bonds is 6. The van der Waals surface area contributed by atoms with Gasteiger partial charge in [0.15, 0.2) is 0 Å². The standard InChI is InChI=1S/C13H22N2OS/c1-13(2,6-7-16)9-14-8-12-15-10-4-3-5-11(10)17-12/h14,16H,3-9H2,1-2H3. The maximum atomic E-state index is 8.96. The molecule has 0 bridgehead atoms. The summed E-state index contributed by atoms with van der Waals surface area (Å²) in [4.78, 5) is 6.16. The summed E-state index contributed by atoms with van der Waals surface area (Å²) in [6.07, 6.45) is 4.52. The van der Waals surface area contributed by atoms with E-state index < -0.39 is 0 Å². The highest BCUT2D eigenvalue weighted by atomic mass is 32.1. The van der Waals surface area contributed by atoms with Gasteiger partial charge in [0.1, 0.15) is 5.01 Å². The Labute approximate surface area is 107 Å². The molecule has 0 atom stereocenters. The molecule has 0 unspecified atom stereocenters. The van der Waals surface area contributed by atoms with Crippen LogP contribution in [0.5, 0.6) is 0 Å². The number of hydrogen-bond donors (Lipinski definition) is 2. The first-order chi connectivity index (χ1) is 8.11. The van der Waals surface area contributed by atoms with Crippen LogP contribution < -0.4 is 5.32 Å². The smallest absolute Gasteiger partial charge is 0.107 e. The molecule has 0 saturated heterocycles. The van der Waals surface area contributed by atoms with Crippen LogP contribution in [0.2, 0.25) is 0 Å². The summed E-state index contributed by atoms with van der Waals surface area (Å²) in [5, 5.41) is 13.6. The molecular weight excluding hydrogens is 232 g/mol. The number of aliphatic hydroxyl groups is 1. The number of aliphatic hydroxyl groups excluding tert-OH is 1. The Kier molecular flexibility index (Phi) is 4.17. The first-order valence-corrected chi connectivity index (χ1v) is 7.21. The van der Waals surface area contributed by atoms with E-state index >= 15 is 0 Å². The molecule has 1 aromatic heterocycles. The highest BCUT2D eigenvalue weighted by Gasteiger charge is 2.18. The molecular formula is C13H22N2OS. The number of aromatic nitrogens is 1. The first-order valence-electron chi connectivity index (χ1n) is 6.40. The van der Waals surface area contributed by atoms with Crippen LogP contribution in [0.25, 0.3) is 0 Å². The summed E-state index contributed by atoms with van der Waals surface area (Å²) in [6, 6.07) is 0. The molecule has 1 aliphatic carbocycles. The van der Waals surface area contributed by atoms with Crippen molar-refractivity contribution in [3.63, 3.8) is 0 Å². The normalized spacial score (nSPS) is 15.2. The van der Waals surface area contributed by atoms with Crippen molar-refractivity contribution in [2.24, 2.45) is 5.41 Å². The maximum absolute atomic E-state index is 8.96. The average molecular weight is 254 g/mol. The molecule has 2 rings (SSSR count). The van der Waals surface area contributed by atoms with Gasteiger partial charge in [-0.2, -0.15) is 0 Å². The van der Waals surface area contributed by atoms with Gasteiger partial charge in [0.25, 0.3) is 0 Å². The second-order valence-corrected chi connectivity index (χ2v) is 6.74. The summed E-state index contributed by atoms with van der Waals surface area (Å²) in [7, 11) is 0. The minimum atomic E-state index is 0.161. The molecule has 1 aromatic rings. The number of nitrogens with one attached hydrogen (secondary N) is 1. The molecule has 0 saturated carbocycles. The zero-order chi connectivity index (χ0) is 12.3. The number of fused-ring (bicyclic) bond motifs is 1. The van der Waals surface area contributed by atoms with Gasteiger partial charge in [0.05, 0.1) is 5.69 Å². The van der Waals surface area contributed by atoms with Crippen molar-refractivity contribution < 1.29 is 5.11 Å². The van der Waals surface area contributed by atoms with Crippen LogP contribution in [-0.2, 0) is 19.4 Å². The Bertz CT molecular complexity index is 352. The highest BCUT2D eigenvalue weighted by Crippen LogP contribution is 2.27. The van der Waals surface area contributed by atoms with Crippen molar-refractivity contribution in [2.45, 2.75) is 46.1 Å². The van der Waals surface area contributed by atoms with E-state index in [4.69, 9.17) is 5.11 Å². The van der Waals surface area contributed by atoms with Gasteiger partial charge in [-0.15, -0.1) is 11.3 Å². The van der Waals surface area contributed by atoms with Crippen LogP contribution in [-0.4, -0.2) is 23.2 Å². The van der Waals surface area contributed by atoms with Gasteiger partial charge in [-0.25, -0.2) is 4.98 Å². The van der Waals surface area contributed by atoms with Crippen LogP contribution >= 0.6 is 11.3 Å². The van der Waals surface area contributed by atoms with Crippen LogP contribution in [0.3, 0.4) is 0 Å². The quantitative estimate of drug-likeness (QED) is 0.817. The summed E-state index contributed by atoms with van der Waals surface area (Å²) in [6.45, 7) is 6.42. The lowest BCUT2D eigenvalue weighted by atomic mass is 9.90. The summed E-state index contributed by atoms with van der Waals surface area (Å²) >= 11 is 1.86. The molecule has 4 heteroatoms. The van der Waals surface area contributed by atoms with E-state index in [1.807, 2.05) is 11.3 Å². The first kappa shape index (κ1) is 13.0. The van der Waals surface area contributed by atoms with Gasteiger partial charge in [-0.3, -0.25) is 0 Å². The van der Waals surface area contributed by atoms with E-state index in [0.29, 0.717) is 0 Å². The third-order valence-corrected chi connectivity index (χ3v) is 4.47. The van der Waals surface area contributed by atoms with Crippen LogP contribution in [0.1, 0.15) is 42.3 Å². The molecule has 96 valence electrons. The van der Waals surface area contributed by atoms with Crippen LogP contribution in [0.4, 0.5) is 0 Å². The topological polar surface area (TPSA) is 45.1 Å². The van der Waals surface area contributed by atoms with Gasteiger partial charge in [-0.05, 0) is 31.1 Å². The Morgan fingerprint density at radius 1 is 1.41 bits per heavy atom. The predicted octanol–water partition coefficient (Wildman–Crippen LogP) is 2.13. The van der Waals surface area contributed by atoms with Gasteiger partial charge in [0.2, 0.25) is 0 Å². The number of nitrogens with zero attached hydrogens (tertiary/aromatic N) is 1. The summed E-state index contributed by atoms with van der Waals surface area (Å²) < 4.78 is 0. The van der Waals surface area contributed by atoms with Gasteiger partial charge >= 0.3 is 0 Å². The summed E-state index contributed by atoms with van der Waals surface area (Å²) in [5.41, 5.74) is 1.50. The second kappa shape index (κ2) is 5.46. The fraction of sp³-hybridized carbons (Fsp3) is 0.769. The van der Waals surface area contributed by atoms with E-state index in [0.717, 1.165) is 19.5 Å². The Hall–Kier alpha value is -0.450. The number of aryl methyl sites for hydroxylation is 2. The molecule has 2 N–H and O–H groups in total. The second-order valence-electron chi connectivity index (χ2n) is 5.57. The molecule has 0 fully saturated rings. The largest absolute Gasteiger partial charge is 0.396 e. The third kappa shape index (κ3) is 3.50. The van der Waals surface area contributed by atoms with Crippen molar-refractivity contribution >= 4 is 11.3 Å². The van der Waals surface area contributed by atoms with E-state index in [1.54, 1.807) is 0 Å². The van der Waals surface area contributed by atoms with E-state index in [1.165, 1.54) is 34.8 Å². The van der Waals surface area contributed by atoms with Crippen molar-refractivity contribution in [2.75, 3.05) is 13.2 Å². The Morgan fingerprint density at radius 3 is 2.94 bits per heavy atom. The highest BCUT2D eigenvalue weighted by molar-refractivity contribution is 7.11. The maximum Gasteiger partial charge on any atom is 0.107 e. The molecule has 0 aliphatic heterocycles. The monoisotopic (exact) mass is 254 g/mol. The lowest BCUT2D eigenvalue weighted by molar-refractivity contribution is 0.207. The molecule has 0 amide bonds. The molecule has 3 nitrogen and oxygen atoms in total. The van der Waals surface area contributed by atoms with Gasteiger partial charge in [0, 0.05) is 24.6 Å². The lowest BCUT2D eigenvalue weighted by Gasteiger charge is -2.23. The van der Waals surface area contributed by atoms with E-state index in [2.05, 4.69) is 24.1 Å². The minimum absolute atomic E-state index is 0.161. The van der Waals surface area contributed by atoms with Gasteiger partial charge < -0.3 is 10.4 Å². The minimum Gasteiger partial charge on any atom is -0.396 e. The molecule has 0 aromatic carbocycles. The van der Waals surface area contributed by atoms with E-state index in [-0.39, 0.29) is 12.0 Å². The van der Waals surface area contributed by atoms with Crippen molar-refractivity contribution in [1.29, 1.82) is 0 Å². The van der Waals surface area contributed by atoms with Gasteiger partial charge in [-0.1, -0.05) is 13.8 Å².